The number of sulfone groups is 1. The van der Waals surface area contributed by atoms with Crippen LogP contribution in [-0.4, -0.2) is 28.6 Å². The van der Waals surface area contributed by atoms with E-state index in [1.807, 2.05) is 6.92 Å². The average Bonchev–Trinajstić information content (AvgIpc) is 2.78. The van der Waals surface area contributed by atoms with Gasteiger partial charge >= 0.3 is 0 Å². The number of nitrogens with zero attached hydrogens (tertiary/aromatic N) is 4. The fourth-order valence-electron chi connectivity index (χ4n) is 1.35. The number of benzene rings is 1. The Labute approximate surface area is 99.2 Å². The molecule has 17 heavy (non-hydrogen) atoms. The number of aryl methyl sites for hydroxylation is 1. The van der Waals surface area contributed by atoms with Crippen LogP contribution >= 0.6 is 0 Å². The van der Waals surface area contributed by atoms with Crippen LogP contribution < -0.4 is 0 Å². The minimum Gasteiger partial charge on any atom is -0.215 e. The molecule has 1 radical (unpaired) electrons. The summed E-state index contributed by atoms with van der Waals surface area (Å²) in [6, 6.07) is 6.55. The van der Waals surface area contributed by atoms with E-state index < -0.39 is 9.84 Å². The lowest BCUT2D eigenvalue weighted by Crippen LogP contribution is -2.10. The molecule has 0 aliphatic carbocycles. The lowest BCUT2D eigenvalue weighted by Gasteiger charge is -2.03. The molecule has 0 saturated heterocycles. The number of hydrogen-bond donors (Lipinski definition) is 0. The second kappa shape index (κ2) is 4.25. The Bertz CT molecular complexity index is 616. The van der Waals surface area contributed by atoms with Crippen molar-refractivity contribution >= 4 is 9.84 Å². The molecule has 6 nitrogen and oxygen atoms in total. The summed E-state index contributed by atoms with van der Waals surface area (Å²) < 4.78 is 25.5. The molecular formula is C10H11N4O2S. The smallest absolute Gasteiger partial charge is 0.215 e. The predicted octanol–water partition coefficient (Wildman–Crippen LogP) is 0.844. The predicted molar refractivity (Wildman–Crippen MR) is 59.8 cm³/mol. The minimum absolute atomic E-state index is 0.177. The maximum Gasteiger partial charge on any atom is 0.272 e. The van der Waals surface area contributed by atoms with Crippen molar-refractivity contribution in [2.75, 3.05) is 0 Å². The Hall–Kier alpha value is -1.76. The van der Waals surface area contributed by atoms with Crippen molar-refractivity contribution in [1.29, 1.82) is 0 Å². The van der Waals surface area contributed by atoms with Gasteiger partial charge in [-0.2, -0.15) is 0 Å². The molecule has 0 amide bonds. The Morgan fingerprint density at radius 3 is 2.47 bits per heavy atom. The highest BCUT2D eigenvalue weighted by Gasteiger charge is 2.24. The summed E-state index contributed by atoms with van der Waals surface area (Å²) in [6.45, 7) is 5.03. The standard InChI is InChI=1S/C10H11N4O2S/c1-3-14-10(11-12-13-14)17(15,16)9-6-4-8(2)5-7-9/h3-7H,1-2H3. The van der Waals surface area contributed by atoms with Crippen LogP contribution in [-0.2, 0) is 9.84 Å². The summed E-state index contributed by atoms with van der Waals surface area (Å²) in [5.74, 6) is 0. The Balaban J connectivity index is 2.54. The molecule has 7 heteroatoms. The van der Waals surface area contributed by atoms with Crippen LogP contribution in [0.15, 0.2) is 34.3 Å². The topological polar surface area (TPSA) is 77.7 Å². The van der Waals surface area contributed by atoms with Crippen molar-refractivity contribution in [1.82, 2.24) is 20.2 Å². The first-order chi connectivity index (χ1) is 8.05. The molecule has 1 heterocycles. The molecule has 0 unspecified atom stereocenters. The zero-order chi connectivity index (χ0) is 12.5. The summed E-state index contributed by atoms with van der Waals surface area (Å²) in [5, 5.41) is 10.3. The fourth-order valence-corrected chi connectivity index (χ4v) is 2.58. The lowest BCUT2D eigenvalue weighted by molar-refractivity contribution is 0.575. The SMILES string of the molecule is C[CH]n1nnnc1S(=O)(=O)c1ccc(C)cc1. The molecule has 0 bridgehead atoms. The Kier molecular flexibility index (Phi) is 2.93. The first-order valence-electron chi connectivity index (χ1n) is 4.95. The highest BCUT2D eigenvalue weighted by atomic mass is 32.2. The van der Waals surface area contributed by atoms with Crippen LogP contribution in [0.2, 0.25) is 0 Å². The van der Waals surface area contributed by atoms with Gasteiger partial charge in [0.05, 0.1) is 11.4 Å². The van der Waals surface area contributed by atoms with Crippen LogP contribution in [0.1, 0.15) is 12.5 Å². The second-order valence-electron chi connectivity index (χ2n) is 3.48. The highest BCUT2D eigenvalue weighted by molar-refractivity contribution is 7.91. The van der Waals surface area contributed by atoms with Gasteiger partial charge in [0.15, 0.2) is 0 Å². The van der Waals surface area contributed by atoms with E-state index in [2.05, 4.69) is 15.5 Å². The molecule has 89 valence electrons. The van der Waals surface area contributed by atoms with Crippen molar-refractivity contribution in [2.45, 2.75) is 23.9 Å². The molecule has 0 fully saturated rings. The van der Waals surface area contributed by atoms with Crippen LogP contribution in [0.25, 0.3) is 0 Å². The van der Waals surface area contributed by atoms with Crippen molar-refractivity contribution in [3.8, 4) is 0 Å². The van der Waals surface area contributed by atoms with E-state index >= 15 is 0 Å². The highest BCUT2D eigenvalue weighted by Crippen LogP contribution is 2.18. The van der Waals surface area contributed by atoms with E-state index in [0.29, 0.717) is 0 Å². The molecule has 2 aromatic rings. The maximum atomic E-state index is 12.2. The van der Waals surface area contributed by atoms with E-state index in [0.717, 1.165) is 10.2 Å². The van der Waals surface area contributed by atoms with Crippen molar-refractivity contribution in [3.05, 3.63) is 36.4 Å². The van der Waals surface area contributed by atoms with Gasteiger partial charge in [0.25, 0.3) is 5.16 Å². The van der Waals surface area contributed by atoms with Gasteiger partial charge < -0.3 is 0 Å². The van der Waals surface area contributed by atoms with Gasteiger partial charge in [-0.05, 0) is 36.4 Å². The molecule has 0 N–H and O–H groups in total. The Morgan fingerprint density at radius 1 is 1.24 bits per heavy atom. The third-order valence-electron chi connectivity index (χ3n) is 2.28. The van der Waals surface area contributed by atoms with Crippen LogP contribution in [0.5, 0.6) is 0 Å². The zero-order valence-corrected chi connectivity index (χ0v) is 10.2. The fraction of sp³-hybridized carbons (Fsp3) is 0.200. The third-order valence-corrected chi connectivity index (χ3v) is 3.92. The number of hydrogen-bond acceptors (Lipinski definition) is 5. The summed E-state index contributed by atoms with van der Waals surface area (Å²) in [5.41, 5.74) is 0.991. The zero-order valence-electron chi connectivity index (χ0n) is 9.40. The minimum atomic E-state index is -3.66. The van der Waals surface area contributed by atoms with E-state index in [1.165, 1.54) is 6.54 Å². The van der Waals surface area contributed by atoms with Crippen molar-refractivity contribution < 1.29 is 8.42 Å². The van der Waals surface area contributed by atoms with Gasteiger partial charge in [0.1, 0.15) is 0 Å². The van der Waals surface area contributed by atoms with E-state index in [9.17, 15) is 8.42 Å². The van der Waals surface area contributed by atoms with E-state index in [1.54, 1.807) is 31.2 Å². The maximum absolute atomic E-state index is 12.2. The molecule has 1 aromatic heterocycles. The number of aromatic nitrogens is 4. The van der Waals surface area contributed by atoms with Crippen LogP contribution in [0, 0.1) is 13.5 Å². The molecule has 0 saturated carbocycles. The number of rotatable bonds is 3. The van der Waals surface area contributed by atoms with Gasteiger partial charge in [-0.15, -0.1) is 0 Å². The van der Waals surface area contributed by atoms with Crippen molar-refractivity contribution in [2.24, 2.45) is 0 Å². The van der Waals surface area contributed by atoms with E-state index in [-0.39, 0.29) is 10.1 Å². The molecule has 2 rings (SSSR count). The van der Waals surface area contributed by atoms with Crippen molar-refractivity contribution in [3.63, 3.8) is 0 Å². The van der Waals surface area contributed by atoms with E-state index in [4.69, 9.17) is 0 Å². The summed E-state index contributed by atoms with van der Waals surface area (Å²) >= 11 is 0. The molecular weight excluding hydrogens is 240 g/mol. The molecule has 0 spiro atoms. The molecule has 0 atom stereocenters. The largest absolute Gasteiger partial charge is 0.272 e. The van der Waals surface area contributed by atoms with Gasteiger partial charge in [0.2, 0.25) is 9.84 Å². The van der Waals surface area contributed by atoms with Gasteiger partial charge in [0, 0.05) is 0 Å². The third kappa shape index (κ3) is 2.05. The van der Waals surface area contributed by atoms with Crippen LogP contribution in [0.4, 0.5) is 0 Å². The quantitative estimate of drug-likeness (QED) is 0.808. The van der Waals surface area contributed by atoms with Gasteiger partial charge in [-0.1, -0.05) is 22.8 Å². The second-order valence-corrected chi connectivity index (χ2v) is 5.32. The van der Waals surface area contributed by atoms with Crippen LogP contribution in [0.3, 0.4) is 0 Å². The Morgan fingerprint density at radius 2 is 1.88 bits per heavy atom. The monoisotopic (exact) mass is 251 g/mol. The normalized spacial score (nSPS) is 11.6. The molecule has 0 aliphatic heterocycles. The van der Waals surface area contributed by atoms with Gasteiger partial charge in [-0.3, -0.25) is 0 Å². The van der Waals surface area contributed by atoms with Gasteiger partial charge in [-0.25, -0.2) is 13.1 Å². The summed E-state index contributed by atoms with van der Waals surface area (Å²) in [6.07, 6.45) is 0. The summed E-state index contributed by atoms with van der Waals surface area (Å²) in [4.78, 5) is 0.181. The first-order valence-corrected chi connectivity index (χ1v) is 6.43. The molecule has 0 aliphatic rings. The first kappa shape index (κ1) is 11.7. The molecule has 1 aromatic carbocycles. The lowest BCUT2D eigenvalue weighted by atomic mass is 10.2. The summed E-state index contributed by atoms with van der Waals surface area (Å²) in [7, 11) is -3.66. The number of tetrazole rings is 1. The average molecular weight is 251 g/mol.